The first kappa shape index (κ1) is 17.8. The lowest BCUT2D eigenvalue weighted by molar-refractivity contribution is -0.128. The number of amides is 1. The Balaban J connectivity index is 1.44. The summed E-state index contributed by atoms with van der Waals surface area (Å²) in [4.78, 5) is 16.2. The minimum atomic E-state index is 0.313. The molecule has 2 aromatic rings. The predicted octanol–water partition coefficient (Wildman–Crippen LogP) is 2.99. The molecule has 1 aromatic carbocycles. The van der Waals surface area contributed by atoms with Crippen molar-refractivity contribution in [1.82, 2.24) is 15.1 Å². The summed E-state index contributed by atoms with van der Waals surface area (Å²) in [7, 11) is 1.67. The van der Waals surface area contributed by atoms with Crippen molar-refractivity contribution in [2.24, 2.45) is 5.92 Å². The first-order valence-electron chi connectivity index (χ1n) is 9.74. The van der Waals surface area contributed by atoms with Gasteiger partial charge in [-0.25, -0.2) is 0 Å². The van der Waals surface area contributed by atoms with Crippen LogP contribution in [0.2, 0.25) is 0 Å². The van der Waals surface area contributed by atoms with Crippen LogP contribution in [0.25, 0.3) is 11.3 Å². The van der Waals surface area contributed by atoms with Crippen LogP contribution in [0.4, 0.5) is 5.82 Å². The Bertz CT molecular complexity index is 793. The first-order chi connectivity index (χ1) is 13.2. The number of para-hydroxylation sites is 1. The first-order valence-corrected chi connectivity index (χ1v) is 9.74. The van der Waals surface area contributed by atoms with Crippen LogP contribution in [0.1, 0.15) is 25.7 Å². The van der Waals surface area contributed by atoms with Crippen LogP contribution in [0.3, 0.4) is 0 Å². The third-order valence-electron chi connectivity index (χ3n) is 5.53. The average Bonchev–Trinajstić information content (AvgIpc) is 3.13. The molecule has 2 aliphatic rings. The summed E-state index contributed by atoms with van der Waals surface area (Å²) in [6.45, 7) is 3.73. The number of aromatic nitrogens is 2. The molecule has 6 heteroatoms. The maximum absolute atomic E-state index is 11.9. The zero-order valence-electron chi connectivity index (χ0n) is 15.8. The molecule has 27 heavy (non-hydrogen) atoms. The third-order valence-corrected chi connectivity index (χ3v) is 5.53. The van der Waals surface area contributed by atoms with Crippen LogP contribution < -0.4 is 9.64 Å². The standard InChI is InChI=1S/C21H26N4O2/c1-27-19-8-3-2-7-17(19)18-10-11-20(23-22-18)24-12-4-6-16(14-24)15-25-13-5-9-21(25)26/h2-3,7-8,10-11,16H,4-6,9,12-15H2,1H3/t16-/m0/s1. The second-order valence-electron chi connectivity index (χ2n) is 7.37. The summed E-state index contributed by atoms with van der Waals surface area (Å²) in [5, 5.41) is 8.91. The molecule has 0 aliphatic carbocycles. The van der Waals surface area contributed by atoms with Crippen molar-refractivity contribution >= 4 is 11.7 Å². The van der Waals surface area contributed by atoms with E-state index >= 15 is 0 Å². The van der Waals surface area contributed by atoms with E-state index in [0.717, 1.165) is 61.8 Å². The molecule has 2 fully saturated rings. The third kappa shape index (κ3) is 3.89. The predicted molar refractivity (Wildman–Crippen MR) is 105 cm³/mol. The molecule has 6 nitrogen and oxygen atoms in total. The number of rotatable bonds is 5. The van der Waals surface area contributed by atoms with Gasteiger partial charge in [-0.1, -0.05) is 12.1 Å². The lowest BCUT2D eigenvalue weighted by Crippen LogP contribution is -2.41. The van der Waals surface area contributed by atoms with Crippen LogP contribution >= 0.6 is 0 Å². The molecule has 0 saturated carbocycles. The zero-order chi connectivity index (χ0) is 18.6. The van der Waals surface area contributed by atoms with E-state index in [1.165, 1.54) is 6.42 Å². The molecule has 3 heterocycles. The van der Waals surface area contributed by atoms with Crippen molar-refractivity contribution < 1.29 is 9.53 Å². The van der Waals surface area contributed by atoms with Crippen molar-refractivity contribution in [2.45, 2.75) is 25.7 Å². The fraction of sp³-hybridized carbons (Fsp3) is 0.476. The lowest BCUT2D eigenvalue weighted by atomic mass is 9.97. The van der Waals surface area contributed by atoms with Gasteiger partial charge in [0.05, 0.1) is 12.8 Å². The van der Waals surface area contributed by atoms with Crippen LogP contribution in [0, 0.1) is 5.92 Å². The van der Waals surface area contributed by atoms with Gasteiger partial charge in [0.1, 0.15) is 5.75 Å². The summed E-state index contributed by atoms with van der Waals surface area (Å²) in [6, 6.07) is 11.9. The number of benzene rings is 1. The van der Waals surface area contributed by atoms with E-state index in [1.807, 2.05) is 41.3 Å². The largest absolute Gasteiger partial charge is 0.496 e. The Morgan fingerprint density at radius 2 is 2.00 bits per heavy atom. The number of carbonyl (C=O) groups excluding carboxylic acids is 1. The van der Waals surface area contributed by atoms with Crippen molar-refractivity contribution in [1.29, 1.82) is 0 Å². The molecule has 2 aliphatic heterocycles. The monoisotopic (exact) mass is 366 g/mol. The van der Waals surface area contributed by atoms with Gasteiger partial charge in [-0.05, 0) is 49.4 Å². The van der Waals surface area contributed by atoms with E-state index in [9.17, 15) is 4.79 Å². The highest BCUT2D eigenvalue weighted by Gasteiger charge is 2.27. The SMILES string of the molecule is COc1ccccc1-c1ccc(N2CCC[C@H](CN3CCCC3=O)C2)nn1. The fourth-order valence-corrected chi connectivity index (χ4v) is 4.12. The van der Waals surface area contributed by atoms with Crippen LogP contribution in [0.5, 0.6) is 5.75 Å². The van der Waals surface area contributed by atoms with Crippen molar-refractivity contribution in [3.8, 4) is 17.0 Å². The van der Waals surface area contributed by atoms with Gasteiger partial charge in [-0.3, -0.25) is 4.79 Å². The highest BCUT2D eigenvalue weighted by molar-refractivity contribution is 5.78. The van der Waals surface area contributed by atoms with Crippen LogP contribution in [-0.2, 0) is 4.79 Å². The number of methoxy groups -OCH3 is 1. The van der Waals surface area contributed by atoms with E-state index < -0.39 is 0 Å². The summed E-state index contributed by atoms with van der Waals surface area (Å²) in [5.41, 5.74) is 1.76. The molecule has 4 rings (SSSR count). The van der Waals surface area contributed by atoms with Gasteiger partial charge in [0, 0.05) is 38.2 Å². The minimum absolute atomic E-state index is 0.313. The summed E-state index contributed by atoms with van der Waals surface area (Å²) in [5.74, 6) is 2.53. The molecule has 0 radical (unpaired) electrons. The Hall–Kier alpha value is -2.63. The highest BCUT2D eigenvalue weighted by atomic mass is 16.5. The number of nitrogens with zero attached hydrogens (tertiary/aromatic N) is 4. The normalized spacial score (nSPS) is 20.2. The number of anilines is 1. The van der Waals surface area contributed by atoms with Gasteiger partial charge in [-0.15, -0.1) is 10.2 Å². The quantitative estimate of drug-likeness (QED) is 0.814. The van der Waals surface area contributed by atoms with Gasteiger partial charge < -0.3 is 14.5 Å². The molecule has 2 saturated heterocycles. The molecule has 0 bridgehead atoms. The second kappa shape index (κ2) is 7.94. The van der Waals surface area contributed by atoms with Crippen molar-refractivity contribution in [2.75, 3.05) is 38.2 Å². The van der Waals surface area contributed by atoms with E-state index in [0.29, 0.717) is 18.2 Å². The van der Waals surface area contributed by atoms with Crippen molar-refractivity contribution in [3.05, 3.63) is 36.4 Å². The van der Waals surface area contributed by atoms with Gasteiger partial charge >= 0.3 is 0 Å². The number of piperidine rings is 1. The molecule has 0 unspecified atom stereocenters. The van der Waals surface area contributed by atoms with Crippen LogP contribution in [-0.4, -0.2) is 54.3 Å². The zero-order valence-corrected chi connectivity index (χ0v) is 15.8. The molecule has 0 N–H and O–H groups in total. The maximum Gasteiger partial charge on any atom is 0.222 e. The summed E-state index contributed by atoms with van der Waals surface area (Å²) >= 11 is 0. The minimum Gasteiger partial charge on any atom is -0.496 e. The van der Waals surface area contributed by atoms with Gasteiger partial charge in [0.2, 0.25) is 5.91 Å². The number of ether oxygens (including phenoxy) is 1. The van der Waals surface area contributed by atoms with E-state index in [2.05, 4.69) is 15.1 Å². The second-order valence-corrected chi connectivity index (χ2v) is 7.37. The summed E-state index contributed by atoms with van der Waals surface area (Å²) < 4.78 is 5.42. The molecular weight excluding hydrogens is 340 g/mol. The van der Waals surface area contributed by atoms with Gasteiger partial charge in [0.15, 0.2) is 5.82 Å². The number of hydrogen-bond donors (Lipinski definition) is 0. The highest BCUT2D eigenvalue weighted by Crippen LogP contribution is 2.29. The molecule has 1 atom stereocenters. The van der Waals surface area contributed by atoms with E-state index in [-0.39, 0.29) is 0 Å². The molecule has 1 amide bonds. The number of hydrogen-bond acceptors (Lipinski definition) is 5. The Morgan fingerprint density at radius 3 is 2.74 bits per heavy atom. The Morgan fingerprint density at radius 1 is 1.11 bits per heavy atom. The Labute approximate surface area is 160 Å². The smallest absolute Gasteiger partial charge is 0.222 e. The number of likely N-dealkylation sites (tertiary alicyclic amines) is 1. The van der Waals surface area contributed by atoms with E-state index in [1.54, 1.807) is 7.11 Å². The fourth-order valence-electron chi connectivity index (χ4n) is 4.12. The van der Waals surface area contributed by atoms with E-state index in [4.69, 9.17) is 4.74 Å². The molecule has 0 spiro atoms. The lowest BCUT2D eigenvalue weighted by Gasteiger charge is -2.35. The topological polar surface area (TPSA) is 58.6 Å². The average molecular weight is 366 g/mol. The summed E-state index contributed by atoms with van der Waals surface area (Å²) in [6.07, 6.45) is 4.02. The molecule has 1 aromatic heterocycles. The molecular formula is C21H26N4O2. The van der Waals surface area contributed by atoms with Crippen molar-refractivity contribution in [3.63, 3.8) is 0 Å². The van der Waals surface area contributed by atoms with Gasteiger partial charge in [-0.2, -0.15) is 0 Å². The maximum atomic E-state index is 11.9. The molecule has 142 valence electrons. The Kier molecular flexibility index (Phi) is 5.23. The van der Waals surface area contributed by atoms with Gasteiger partial charge in [0.25, 0.3) is 0 Å². The number of carbonyl (C=O) groups is 1. The van der Waals surface area contributed by atoms with Crippen LogP contribution in [0.15, 0.2) is 36.4 Å².